The second-order valence-electron chi connectivity index (χ2n) is 1.88. The van der Waals surface area contributed by atoms with Gasteiger partial charge >= 0.3 is 0 Å². The monoisotopic (exact) mass is 189 g/mol. The van der Waals surface area contributed by atoms with Crippen molar-refractivity contribution in [2.24, 2.45) is 0 Å². The van der Waals surface area contributed by atoms with Crippen molar-refractivity contribution < 1.29 is 4.57 Å². The predicted octanol–water partition coefficient (Wildman–Crippen LogP) is 1.15. The lowest BCUT2D eigenvalue weighted by molar-refractivity contribution is -0.693. The van der Waals surface area contributed by atoms with Gasteiger partial charge in [0.05, 0.1) is 6.54 Å². The Morgan fingerprint density at radius 3 is 2.78 bits per heavy atom. The molecule has 0 radical (unpaired) electrons. The standard InChI is InChI=1S/C6H10BrN2/c1-2-8-3-4-9(5-7)6-8/h3-4,6H,2,5H2,1H3/q+1. The first-order valence-electron chi connectivity index (χ1n) is 2.97. The molecular weight excluding hydrogens is 180 g/mol. The van der Waals surface area contributed by atoms with Crippen LogP contribution in [0.15, 0.2) is 18.7 Å². The number of hydrogen-bond donors (Lipinski definition) is 0. The highest BCUT2D eigenvalue weighted by Gasteiger charge is 1.96. The van der Waals surface area contributed by atoms with E-state index in [0.29, 0.717) is 0 Å². The molecule has 0 amide bonds. The molecule has 1 aromatic heterocycles. The minimum absolute atomic E-state index is 0.875. The molecule has 0 bridgehead atoms. The third kappa shape index (κ3) is 1.55. The number of imidazole rings is 1. The van der Waals surface area contributed by atoms with Crippen molar-refractivity contribution in [3.63, 3.8) is 0 Å². The fraction of sp³-hybridized carbons (Fsp3) is 0.500. The van der Waals surface area contributed by atoms with Crippen LogP contribution in [0.1, 0.15) is 6.92 Å². The molecule has 50 valence electrons. The number of aryl methyl sites for hydroxylation is 1. The summed E-state index contributed by atoms with van der Waals surface area (Å²) >= 11 is 3.35. The molecule has 0 aliphatic carbocycles. The summed E-state index contributed by atoms with van der Waals surface area (Å²) in [6.07, 6.45) is 6.16. The molecule has 0 atom stereocenters. The average molecular weight is 190 g/mol. The zero-order valence-corrected chi connectivity index (χ0v) is 7.00. The third-order valence-electron chi connectivity index (χ3n) is 1.25. The van der Waals surface area contributed by atoms with E-state index < -0.39 is 0 Å². The molecule has 0 N–H and O–H groups in total. The van der Waals surface area contributed by atoms with Gasteiger partial charge in [-0.1, -0.05) is 0 Å². The maximum atomic E-state index is 3.35. The van der Waals surface area contributed by atoms with Crippen LogP contribution >= 0.6 is 15.9 Å². The molecule has 9 heavy (non-hydrogen) atoms. The number of hydrogen-bond acceptors (Lipinski definition) is 0. The Morgan fingerprint density at radius 2 is 2.44 bits per heavy atom. The zero-order chi connectivity index (χ0) is 6.69. The van der Waals surface area contributed by atoms with Gasteiger partial charge in [0.1, 0.15) is 17.8 Å². The van der Waals surface area contributed by atoms with E-state index in [1.165, 1.54) is 0 Å². The normalized spacial score (nSPS) is 10.0. The second kappa shape index (κ2) is 3.01. The molecule has 0 unspecified atom stereocenters. The molecule has 1 aromatic rings. The number of rotatable bonds is 2. The van der Waals surface area contributed by atoms with Gasteiger partial charge in [0.15, 0.2) is 0 Å². The minimum atomic E-state index is 0.875. The summed E-state index contributed by atoms with van der Waals surface area (Å²) in [6.45, 7) is 3.17. The van der Waals surface area contributed by atoms with Gasteiger partial charge in [-0.25, -0.2) is 9.13 Å². The van der Waals surface area contributed by atoms with Crippen LogP contribution in [0.25, 0.3) is 0 Å². The van der Waals surface area contributed by atoms with E-state index in [9.17, 15) is 0 Å². The fourth-order valence-electron chi connectivity index (χ4n) is 0.697. The van der Waals surface area contributed by atoms with Crippen LogP contribution in [0.5, 0.6) is 0 Å². The number of alkyl halides is 1. The van der Waals surface area contributed by atoms with Gasteiger partial charge in [-0.3, -0.25) is 0 Å². The molecule has 0 aliphatic heterocycles. The lowest BCUT2D eigenvalue weighted by atomic mass is 10.7. The van der Waals surface area contributed by atoms with Gasteiger partial charge in [0, 0.05) is 0 Å². The summed E-state index contributed by atoms with van der Waals surface area (Å²) in [5.41, 5.74) is 0.875. The molecule has 0 saturated heterocycles. The van der Waals surface area contributed by atoms with Crippen LogP contribution in [0.4, 0.5) is 0 Å². The molecule has 0 fully saturated rings. The Hall–Kier alpha value is -0.310. The second-order valence-corrected chi connectivity index (χ2v) is 2.38. The van der Waals surface area contributed by atoms with Crippen molar-refractivity contribution in [3.05, 3.63) is 18.7 Å². The Bertz CT molecular complexity index is 164. The molecule has 0 saturated carbocycles. The molecule has 0 aromatic carbocycles. The van der Waals surface area contributed by atoms with E-state index >= 15 is 0 Å². The topological polar surface area (TPSA) is 8.81 Å². The molecule has 1 heterocycles. The largest absolute Gasteiger partial charge is 0.244 e. The van der Waals surface area contributed by atoms with Gasteiger partial charge in [-0.05, 0) is 22.9 Å². The van der Waals surface area contributed by atoms with Gasteiger partial charge in [0.25, 0.3) is 0 Å². The Balaban J connectivity index is 2.74. The number of aromatic nitrogens is 2. The third-order valence-corrected chi connectivity index (χ3v) is 1.83. The summed E-state index contributed by atoms with van der Waals surface area (Å²) in [5.74, 6) is 0. The van der Waals surface area contributed by atoms with Crippen LogP contribution < -0.4 is 4.57 Å². The van der Waals surface area contributed by atoms with Crippen molar-refractivity contribution in [1.29, 1.82) is 0 Å². The molecule has 3 heteroatoms. The van der Waals surface area contributed by atoms with E-state index in [4.69, 9.17) is 0 Å². The van der Waals surface area contributed by atoms with Crippen molar-refractivity contribution in [1.82, 2.24) is 4.57 Å². The van der Waals surface area contributed by atoms with E-state index in [-0.39, 0.29) is 0 Å². The first-order valence-corrected chi connectivity index (χ1v) is 4.09. The van der Waals surface area contributed by atoms with Crippen LogP contribution in [-0.2, 0) is 12.0 Å². The Kier molecular flexibility index (Phi) is 2.28. The Labute approximate surface area is 63.2 Å². The molecule has 0 aliphatic rings. The quantitative estimate of drug-likeness (QED) is 0.488. The molecular formula is C6H10BrN2+. The van der Waals surface area contributed by atoms with Crippen molar-refractivity contribution in [2.75, 3.05) is 0 Å². The van der Waals surface area contributed by atoms with Crippen LogP contribution in [0.3, 0.4) is 0 Å². The predicted molar refractivity (Wildman–Crippen MR) is 39.2 cm³/mol. The molecule has 2 nitrogen and oxygen atoms in total. The SMILES string of the molecule is CC[n+]1ccn(CBr)c1. The first kappa shape index (κ1) is 6.81. The molecule has 1 rings (SSSR count). The van der Waals surface area contributed by atoms with Gasteiger partial charge < -0.3 is 0 Å². The highest BCUT2D eigenvalue weighted by Crippen LogP contribution is 1.89. The van der Waals surface area contributed by atoms with E-state index in [1.807, 2.05) is 6.20 Å². The van der Waals surface area contributed by atoms with E-state index in [2.05, 4.69) is 44.5 Å². The van der Waals surface area contributed by atoms with Crippen LogP contribution in [0, 0.1) is 0 Å². The highest BCUT2D eigenvalue weighted by molar-refractivity contribution is 9.08. The number of halogens is 1. The van der Waals surface area contributed by atoms with Crippen molar-refractivity contribution in [3.8, 4) is 0 Å². The van der Waals surface area contributed by atoms with Gasteiger partial charge in [0.2, 0.25) is 6.33 Å². The van der Waals surface area contributed by atoms with Crippen molar-refractivity contribution >= 4 is 15.9 Å². The van der Waals surface area contributed by atoms with Crippen LogP contribution in [-0.4, -0.2) is 4.57 Å². The lowest BCUT2D eigenvalue weighted by Crippen LogP contribution is -2.28. The number of nitrogens with zero attached hydrogens (tertiary/aromatic N) is 2. The summed E-state index contributed by atoms with van der Waals surface area (Å²) in [7, 11) is 0. The summed E-state index contributed by atoms with van der Waals surface area (Å²) in [6, 6.07) is 0. The van der Waals surface area contributed by atoms with Crippen molar-refractivity contribution in [2.45, 2.75) is 18.9 Å². The maximum absolute atomic E-state index is 3.35. The average Bonchev–Trinajstić information content (AvgIpc) is 2.34. The maximum Gasteiger partial charge on any atom is 0.244 e. The highest BCUT2D eigenvalue weighted by atomic mass is 79.9. The van der Waals surface area contributed by atoms with Crippen LogP contribution in [0.2, 0.25) is 0 Å². The lowest BCUT2D eigenvalue weighted by Gasteiger charge is -1.83. The van der Waals surface area contributed by atoms with Gasteiger partial charge in [-0.15, -0.1) is 0 Å². The van der Waals surface area contributed by atoms with E-state index in [0.717, 1.165) is 12.0 Å². The fourth-order valence-corrected chi connectivity index (χ4v) is 0.993. The summed E-state index contributed by atoms with van der Waals surface area (Å²) in [4.78, 5) is 0. The summed E-state index contributed by atoms with van der Waals surface area (Å²) < 4.78 is 4.20. The van der Waals surface area contributed by atoms with E-state index in [1.54, 1.807) is 0 Å². The summed E-state index contributed by atoms with van der Waals surface area (Å²) in [5, 5.41) is 0. The zero-order valence-electron chi connectivity index (χ0n) is 5.42. The minimum Gasteiger partial charge on any atom is -0.237 e. The Morgan fingerprint density at radius 1 is 1.67 bits per heavy atom. The smallest absolute Gasteiger partial charge is 0.237 e. The first-order chi connectivity index (χ1) is 4.36. The molecule has 0 spiro atoms. The van der Waals surface area contributed by atoms with Gasteiger partial charge in [-0.2, -0.15) is 0 Å².